The smallest absolute Gasteiger partial charge is 0.258 e. The van der Waals surface area contributed by atoms with Gasteiger partial charge in [0.2, 0.25) is 0 Å². The number of piperazine rings is 1. The van der Waals surface area contributed by atoms with E-state index in [4.69, 9.17) is 4.99 Å². The standard InChI is InChI=1S/C25H30N4O/c1-17(2)28-12-14-29(15-13-28)20-11-10-18(3)23(16-20)26-19(4)24-21-8-6-5-7-9-22(21)27-25(24)30/h5-11,16-17H,12-15H2,1-4H3,(H,27,30). The molecule has 0 bridgehead atoms. The first kappa shape index (κ1) is 20.4. The van der Waals surface area contributed by atoms with Gasteiger partial charge in [0.25, 0.3) is 5.56 Å². The van der Waals surface area contributed by atoms with E-state index in [1.54, 1.807) is 0 Å². The third-order valence-corrected chi connectivity index (χ3v) is 6.04. The number of hydrogen-bond donors (Lipinski definition) is 1. The molecule has 5 heteroatoms. The number of aliphatic imine (C=N–C) groups is 1. The van der Waals surface area contributed by atoms with Gasteiger partial charge in [0.05, 0.1) is 17.0 Å². The number of aryl methyl sites for hydroxylation is 1. The maximum atomic E-state index is 12.6. The van der Waals surface area contributed by atoms with E-state index in [0.29, 0.717) is 11.6 Å². The first-order valence-corrected chi connectivity index (χ1v) is 10.7. The number of anilines is 1. The van der Waals surface area contributed by atoms with Gasteiger partial charge in [-0.15, -0.1) is 0 Å². The van der Waals surface area contributed by atoms with Gasteiger partial charge in [0.15, 0.2) is 0 Å². The number of aromatic nitrogens is 1. The van der Waals surface area contributed by atoms with Crippen molar-refractivity contribution >= 4 is 17.1 Å². The molecule has 30 heavy (non-hydrogen) atoms. The highest BCUT2D eigenvalue weighted by atomic mass is 16.1. The first-order chi connectivity index (χ1) is 14.4. The average Bonchev–Trinajstić information content (AvgIpc) is 2.88. The second kappa shape index (κ2) is 8.44. The van der Waals surface area contributed by atoms with Gasteiger partial charge in [-0.25, -0.2) is 0 Å². The number of aromatic amines is 1. The van der Waals surface area contributed by atoms with Crippen molar-refractivity contribution in [1.82, 2.24) is 9.88 Å². The van der Waals surface area contributed by atoms with Crippen molar-refractivity contribution in [3.63, 3.8) is 0 Å². The molecule has 0 atom stereocenters. The summed E-state index contributed by atoms with van der Waals surface area (Å²) in [5, 5.41) is 0. The van der Waals surface area contributed by atoms with Gasteiger partial charge in [0.1, 0.15) is 0 Å². The molecular formula is C25H30N4O. The fraction of sp³-hybridized carbons (Fsp3) is 0.360. The molecule has 1 aromatic carbocycles. The highest BCUT2D eigenvalue weighted by Crippen LogP contribution is 2.29. The zero-order chi connectivity index (χ0) is 21.3. The molecule has 0 radical (unpaired) electrons. The predicted molar refractivity (Wildman–Crippen MR) is 126 cm³/mol. The maximum Gasteiger partial charge on any atom is 0.258 e. The molecule has 2 aliphatic heterocycles. The number of H-pyrrole nitrogens is 1. The lowest BCUT2D eigenvalue weighted by Gasteiger charge is -2.38. The number of nitrogens with zero attached hydrogens (tertiary/aromatic N) is 3. The second-order valence-corrected chi connectivity index (χ2v) is 8.35. The van der Waals surface area contributed by atoms with E-state index in [0.717, 1.165) is 54.4 Å². The van der Waals surface area contributed by atoms with Gasteiger partial charge >= 0.3 is 0 Å². The molecule has 3 aliphatic rings. The van der Waals surface area contributed by atoms with Crippen LogP contribution in [0.15, 0.2) is 58.3 Å². The lowest BCUT2D eigenvalue weighted by atomic mass is 10.1. The van der Waals surface area contributed by atoms with Crippen LogP contribution in [0.1, 0.15) is 31.9 Å². The Hall–Kier alpha value is -2.92. The van der Waals surface area contributed by atoms with Crippen molar-refractivity contribution in [2.45, 2.75) is 33.7 Å². The van der Waals surface area contributed by atoms with Gasteiger partial charge < -0.3 is 9.88 Å². The molecule has 5 nitrogen and oxygen atoms in total. The summed E-state index contributed by atoms with van der Waals surface area (Å²) in [4.78, 5) is 25.4. The summed E-state index contributed by atoms with van der Waals surface area (Å²) in [5.41, 5.74) is 6.27. The molecule has 1 saturated heterocycles. The van der Waals surface area contributed by atoms with E-state index in [2.05, 4.69) is 53.8 Å². The lowest BCUT2D eigenvalue weighted by Crippen LogP contribution is -2.48. The fourth-order valence-corrected chi connectivity index (χ4v) is 4.19. The van der Waals surface area contributed by atoms with E-state index in [1.165, 1.54) is 5.69 Å². The average molecular weight is 403 g/mol. The van der Waals surface area contributed by atoms with E-state index in [9.17, 15) is 4.79 Å². The molecule has 0 amide bonds. The minimum absolute atomic E-state index is 0.0870. The highest BCUT2D eigenvalue weighted by Gasteiger charge is 2.20. The fourth-order valence-electron chi connectivity index (χ4n) is 4.19. The van der Waals surface area contributed by atoms with Crippen LogP contribution in [-0.4, -0.2) is 47.8 Å². The maximum absolute atomic E-state index is 12.6. The Kier molecular flexibility index (Phi) is 5.73. The summed E-state index contributed by atoms with van der Waals surface area (Å²) in [7, 11) is 0. The Morgan fingerprint density at radius 1 is 1.03 bits per heavy atom. The van der Waals surface area contributed by atoms with Crippen molar-refractivity contribution in [3.8, 4) is 11.3 Å². The van der Waals surface area contributed by atoms with Gasteiger partial charge in [0, 0.05) is 49.2 Å². The highest BCUT2D eigenvalue weighted by molar-refractivity contribution is 6.05. The number of nitrogens with one attached hydrogen (secondary N) is 1. The Morgan fingerprint density at radius 2 is 1.77 bits per heavy atom. The summed E-state index contributed by atoms with van der Waals surface area (Å²) in [6.07, 6.45) is 0. The van der Waals surface area contributed by atoms with Crippen LogP contribution in [0.25, 0.3) is 11.3 Å². The predicted octanol–water partition coefficient (Wildman–Crippen LogP) is 4.46. The monoisotopic (exact) mass is 402 g/mol. The second-order valence-electron chi connectivity index (χ2n) is 8.35. The van der Waals surface area contributed by atoms with Crippen LogP contribution in [0.5, 0.6) is 0 Å². The van der Waals surface area contributed by atoms with Crippen LogP contribution < -0.4 is 10.5 Å². The van der Waals surface area contributed by atoms with Crippen LogP contribution in [0.3, 0.4) is 0 Å². The van der Waals surface area contributed by atoms with E-state index in [1.807, 2.05) is 37.3 Å². The molecule has 0 saturated carbocycles. The SMILES string of the molecule is CC(=Nc1cc(N2CCN(C(C)C)CC2)ccc1C)c1c2cccccc-2[nH]c1=O. The minimum atomic E-state index is -0.0870. The number of rotatable bonds is 4. The summed E-state index contributed by atoms with van der Waals surface area (Å²) in [6, 6.07) is 16.8. The Bertz CT molecular complexity index is 1090. The van der Waals surface area contributed by atoms with Crippen molar-refractivity contribution in [3.05, 3.63) is 70.0 Å². The quantitative estimate of drug-likeness (QED) is 0.656. The third kappa shape index (κ3) is 4.03. The molecule has 0 aromatic heterocycles. The van der Waals surface area contributed by atoms with Crippen LogP contribution in [0, 0.1) is 6.92 Å². The molecule has 1 aromatic rings. The summed E-state index contributed by atoms with van der Waals surface area (Å²) >= 11 is 0. The van der Waals surface area contributed by atoms with Crippen LogP contribution in [-0.2, 0) is 0 Å². The van der Waals surface area contributed by atoms with Crippen LogP contribution >= 0.6 is 0 Å². The summed E-state index contributed by atoms with van der Waals surface area (Å²) < 4.78 is 0. The van der Waals surface area contributed by atoms with Crippen molar-refractivity contribution in [2.75, 3.05) is 31.1 Å². The molecule has 156 valence electrons. The van der Waals surface area contributed by atoms with Crippen LogP contribution in [0.4, 0.5) is 11.4 Å². The van der Waals surface area contributed by atoms with E-state index < -0.39 is 0 Å². The van der Waals surface area contributed by atoms with Gasteiger partial charge in [-0.1, -0.05) is 30.3 Å². The lowest BCUT2D eigenvalue weighted by molar-refractivity contribution is 0.209. The summed E-state index contributed by atoms with van der Waals surface area (Å²) in [5.74, 6) is 0. The third-order valence-electron chi connectivity index (χ3n) is 6.04. The van der Waals surface area contributed by atoms with Crippen molar-refractivity contribution < 1.29 is 0 Å². The molecule has 1 N–H and O–H groups in total. The molecule has 0 unspecified atom stereocenters. The Labute approximate surface area is 178 Å². The Morgan fingerprint density at radius 3 is 2.50 bits per heavy atom. The number of benzene rings is 1. The van der Waals surface area contributed by atoms with Gasteiger partial charge in [-0.3, -0.25) is 14.7 Å². The van der Waals surface area contributed by atoms with E-state index >= 15 is 0 Å². The molecule has 0 spiro atoms. The van der Waals surface area contributed by atoms with Gasteiger partial charge in [-0.2, -0.15) is 0 Å². The van der Waals surface area contributed by atoms with E-state index in [-0.39, 0.29) is 5.56 Å². The topological polar surface area (TPSA) is 51.7 Å². The number of fused-ring (bicyclic) bond motifs is 1. The Balaban J connectivity index is 1.64. The normalized spacial score (nSPS) is 15.9. The number of hydrogen-bond acceptors (Lipinski definition) is 4. The van der Waals surface area contributed by atoms with Crippen molar-refractivity contribution in [2.24, 2.45) is 4.99 Å². The molecule has 4 rings (SSSR count). The summed E-state index contributed by atoms with van der Waals surface area (Å²) in [6.45, 7) is 12.7. The minimum Gasteiger partial charge on any atom is -0.369 e. The van der Waals surface area contributed by atoms with Gasteiger partial charge in [-0.05, 0) is 51.5 Å². The van der Waals surface area contributed by atoms with Crippen molar-refractivity contribution in [1.29, 1.82) is 0 Å². The molecule has 1 fully saturated rings. The molecule has 1 aliphatic carbocycles. The first-order valence-electron chi connectivity index (χ1n) is 10.7. The zero-order valence-corrected chi connectivity index (χ0v) is 18.3. The molecular weight excluding hydrogens is 372 g/mol. The molecule has 2 heterocycles. The van der Waals surface area contributed by atoms with Crippen LogP contribution in [0.2, 0.25) is 0 Å². The zero-order valence-electron chi connectivity index (χ0n) is 18.3. The largest absolute Gasteiger partial charge is 0.369 e.